The van der Waals surface area contributed by atoms with Gasteiger partial charge in [0.1, 0.15) is 0 Å². The van der Waals surface area contributed by atoms with Crippen LogP contribution in [0.15, 0.2) is 28.9 Å². The van der Waals surface area contributed by atoms with E-state index in [0.717, 1.165) is 15.7 Å². The molecule has 0 saturated carbocycles. The van der Waals surface area contributed by atoms with E-state index < -0.39 is 6.04 Å². The molecule has 0 aliphatic heterocycles. The zero-order chi connectivity index (χ0) is 13.3. The Kier molecular flexibility index (Phi) is 4.33. The first kappa shape index (κ1) is 13.9. The van der Waals surface area contributed by atoms with Crippen LogP contribution in [0.2, 0.25) is 10.0 Å². The molecule has 0 spiro atoms. The molecule has 0 saturated heterocycles. The molecule has 1 aromatic heterocycles. The summed E-state index contributed by atoms with van der Waals surface area (Å²) in [4.78, 5) is 0. The Morgan fingerprint density at radius 1 is 1.39 bits per heavy atom. The molecule has 0 aliphatic rings. The minimum absolute atomic E-state index is 0.398. The van der Waals surface area contributed by atoms with Crippen LogP contribution in [0, 0.1) is 0 Å². The summed E-state index contributed by atoms with van der Waals surface area (Å²) in [7, 11) is 0. The molecule has 1 atom stereocenters. The van der Waals surface area contributed by atoms with E-state index in [2.05, 4.69) is 21.0 Å². The first-order chi connectivity index (χ1) is 8.54. The summed E-state index contributed by atoms with van der Waals surface area (Å²) < 4.78 is 2.71. The maximum Gasteiger partial charge on any atom is 0.0837 e. The fraction of sp³-hybridized carbons (Fsp3) is 0.250. The molecule has 0 fully saturated rings. The molecule has 2 aromatic rings. The van der Waals surface area contributed by atoms with Crippen LogP contribution in [0.1, 0.15) is 24.2 Å². The van der Waals surface area contributed by atoms with Gasteiger partial charge >= 0.3 is 0 Å². The van der Waals surface area contributed by atoms with Gasteiger partial charge in [-0.05, 0) is 30.7 Å². The smallest absolute Gasteiger partial charge is 0.0837 e. The van der Waals surface area contributed by atoms with Gasteiger partial charge in [0.05, 0.1) is 23.0 Å². The highest BCUT2D eigenvalue weighted by molar-refractivity contribution is 9.10. The third kappa shape index (κ3) is 2.57. The number of rotatable bonds is 3. The number of nitrogens with two attached hydrogens (primary N) is 1. The number of aromatic nitrogens is 2. The van der Waals surface area contributed by atoms with Gasteiger partial charge in [0.2, 0.25) is 0 Å². The Labute approximate surface area is 124 Å². The zero-order valence-electron chi connectivity index (χ0n) is 9.70. The second-order valence-electron chi connectivity index (χ2n) is 3.84. The zero-order valence-corrected chi connectivity index (χ0v) is 12.8. The van der Waals surface area contributed by atoms with Gasteiger partial charge in [-0.1, -0.05) is 39.1 Å². The van der Waals surface area contributed by atoms with Crippen molar-refractivity contribution in [3.63, 3.8) is 0 Å². The van der Waals surface area contributed by atoms with Gasteiger partial charge in [-0.2, -0.15) is 5.10 Å². The molecule has 1 unspecified atom stereocenters. The van der Waals surface area contributed by atoms with Crippen molar-refractivity contribution in [2.45, 2.75) is 19.5 Å². The summed E-state index contributed by atoms with van der Waals surface area (Å²) >= 11 is 15.7. The van der Waals surface area contributed by atoms with Crippen LogP contribution in [-0.2, 0) is 6.54 Å². The second kappa shape index (κ2) is 5.61. The standard InChI is InChI=1S/C12H12BrCl2N3/c1-2-18-12(10(15)6-17-18)11(16)8-5-7(13)3-4-9(8)14/h3-6,11H,2,16H2,1H3. The van der Waals surface area contributed by atoms with Gasteiger partial charge in [-0.15, -0.1) is 0 Å². The average molecular weight is 349 g/mol. The Hall–Kier alpha value is -0.550. The lowest BCUT2D eigenvalue weighted by Crippen LogP contribution is -2.18. The van der Waals surface area contributed by atoms with Crippen LogP contribution in [0.3, 0.4) is 0 Å². The normalized spacial score (nSPS) is 12.7. The van der Waals surface area contributed by atoms with Gasteiger partial charge in [-0.3, -0.25) is 4.68 Å². The molecule has 0 bridgehead atoms. The number of nitrogens with zero attached hydrogens (tertiary/aromatic N) is 2. The van der Waals surface area contributed by atoms with Gasteiger partial charge < -0.3 is 5.73 Å². The van der Waals surface area contributed by atoms with Gasteiger partial charge in [0.15, 0.2) is 0 Å². The Bertz CT molecular complexity index is 568. The summed E-state index contributed by atoms with van der Waals surface area (Å²) in [6.07, 6.45) is 1.60. The van der Waals surface area contributed by atoms with Gasteiger partial charge in [-0.25, -0.2) is 0 Å². The fourth-order valence-corrected chi connectivity index (χ4v) is 2.71. The summed E-state index contributed by atoms with van der Waals surface area (Å²) in [5.41, 5.74) is 7.86. The van der Waals surface area contributed by atoms with E-state index in [9.17, 15) is 0 Å². The van der Waals surface area contributed by atoms with Crippen LogP contribution in [0.4, 0.5) is 0 Å². The molecule has 96 valence electrons. The highest BCUT2D eigenvalue weighted by Gasteiger charge is 2.20. The molecule has 3 nitrogen and oxygen atoms in total. The van der Waals surface area contributed by atoms with E-state index in [1.54, 1.807) is 16.9 Å². The van der Waals surface area contributed by atoms with Crippen LogP contribution in [-0.4, -0.2) is 9.78 Å². The molecule has 1 heterocycles. The van der Waals surface area contributed by atoms with Crippen molar-refractivity contribution in [2.75, 3.05) is 0 Å². The number of halogens is 3. The highest BCUT2D eigenvalue weighted by atomic mass is 79.9. The van der Waals surface area contributed by atoms with Crippen molar-refractivity contribution >= 4 is 39.1 Å². The minimum Gasteiger partial charge on any atom is -0.319 e. The van der Waals surface area contributed by atoms with Crippen molar-refractivity contribution in [1.29, 1.82) is 0 Å². The van der Waals surface area contributed by atoms with Gasteiger partial charge in [0.25, 0.3) is 0 Å². The van der Waals surface area contributed by atoms with Crippen molar-refractivity contribution in [3.05, 3.63) is 50.2 Å². The van der Waals surface area contributed by atoms with E-state index in [1.165, 1.54) is 0 Å². The van der Waals surface area contributed by atoms with Crippen molar-refractivity contribution in [1.82, 2.24) is 9.78 Å². The maximum atomic E-state index is 6.26. The number of aryl methyl sites for hydroxylation is 1. The summed E-state index contributed by atoms with van der Waals surface area (Å²) in [6.45, 7) is 2.70. The molecule has 18 heavy (non-hydrogen) atoms. The van der Waals surface area contributed by atoms with Crippen LogP contribution in [0.5, 0.6) is 0 Å². The van der Waals surface area contributed by atoms with Crippen molar-refractivity contribution < 1.29 is 0 Å². The summed E-state index contributed by atoms with van der Waals surface area (Å²) in [5, 5.41) is 5.36. The van der Waals surface area contributed by atoms with Crippen LogP contribution < -0.4 is 5.73 Å². The van der Waals surface area contributed by atoms with Crippen LogP contribution in [0.25, 0.3) is 0 Å². The Morgan fingerprint density at radius 2 is 2.11 bits per heavy atom. The monoisotopic (exact) mass is 347 g/mol. The van der Waals surface area contributed by atoms with E-state index in [-0.39, 0.29) is 0 Å². The molecule has 0 aliphatic carbocycles. The summed E-state index contributed by atoms with van der Waals surface area (Å²) in [5.74, 6) is 0. The number of hydrogen-bond acceptors (Lipinski definition) is 2. The average Bonchev–Trinajstić information content (AvgIpc) is 2.72. The van der Waals surface area contributed by atoms with Crippen LogP contribution >= 0.6 is 39.1 Å². The quantitative estimate of drug-likeness (QED) is 0.910. The lowest BCUT2D eigenvalue weighted by atomic mass is 10.0. The molecule has 0 radical (unpaired) electrons. The lowest BCUT2D eigenvalue weighted by Gasteiger charge is -2.16. The van der Waals surface area contributed by atoms with Crippen molar-refractivity contribution in [2.24, 2.45) is 5.73 Å². The van der Waals surface area contributed by atoms with E-state index >= 15 is 0 Å². The molecular weight excluding hydrogens is 337 g/mol. The fourth-order valence-electron chi connectivity index (χ4n) is 1.83. The lowest BCUT2D eigenvalue weighted by molar-refractivity contribution is 0.601. The molecule has 1 aromatic carbocycles. The molecule has 6 heteroatoms. The maximum absolute atomic E-state index is 6.26. The van der Waals surface area contributed by atoms with Gasteiger partial charge in [0, 0.05) is 16.0 Å². The van der Waals surface area contributed by atoms with E-state index in [0.29, 0.717) is 16.6 Å². The first-order valence-electron chi connectivity index (χ1n) is 5.46. The Morgan fingerprint density at radius 3 is 2.78 bits per heavy atom. The van der Waals surface area contributed by atoms with E-state index in [1.807, 2.05) is 19.1 Å². The molecule has 0 amide bonds. The largest absolute Gasteiger partial charge is 0.319 e. The second-order valence-corrected chi connectivity index (χ2v) is 5.57. The molecule has 2 N–H and O–H groups in total. The SMILES string of the molecule is CCn1ncc(Cl)c1C(N)c1cc(Br)ccc1Cl. The molecular formula is C12H12BrCl2N3. The number of benzene rings is 1. The topological polar surface area (TPSA) is 43.8 Å². The first-order valence-corrected chi connectivity index (χ1v) is 7.01. The molecule has 2 rings (SSSR count). The van der Waals surface area contributed by atoms with Crippen molar-refractivity contribution in [3.8, 4) is 0 Å². The predicted molar refractivity (Wildman–Crippen MR) is 78.1 cm³/mol. The third-order valence-electron chi connectivity index (χ3n) is 2.72. The Balaban J connectivity index is 2.50. The minimum atomic E-state index is -0.398. The predicted octanol–water partition coefficient (Wildman–Crippen LogP) is 4.02. The highest BCUT2D eigenvalue weighted by Crippen LogP contribution is 2.32. The van der Waals surface area contributed by atoms with E-state index in [4.69, 9.17) is 28.9 Å². The number of hydrogen-bond donors (Lipinski definition) is 1. The summed E-state index contributed by atoms with van der Waals surface area (Å²) in [6, 6.07) is 5.18. The third-order valence-corrected chi connectivity index (χ3v) is 3.85.